The third-order valence-electron chi connectivity index (χ3n) is 9.25. The Morgan fingerprint density at radius 1 is 1.10 bits per heavy atom. The van der Waals surface area contributed by atoms with Crippen LogP contribution in [0.15, 0.2) is 11.6 Å². The Balaban J connectivity index is 1.69. The Morgan fingerprint density at radius 3 is 2.52 bits per heavy atom. The third-order valence-corrected chi connectivity index (χ3v) is 9.25. The number of carbonyl (C=O) groups is 3. The largest absolute Gasteiger partial charge is 0.450 e. The first-order valence-corrected chi connectivity index (χ1v) is 11.3. The van der Waals surface area contributed by atoms with Gasteiger partial charge in [-0.15, -0.1) is 0 Å². The van der Waals surface area contributed by atoms with Crippen molar-refractivity contribution in [2.45, 2.75) is 84.2 Å². The van der Waals surface area contributed by atoms with Crippen LogP contribution in [0.5, 0.6) is 0 Å². The highest BCUT2D eigenvalue weighted by molar-refractivity contribution is 5.92. The summed E-state index contributed by atoms with van der Waals surface area (Å²) in [5.41, 5.74) is -0.221. The molecule has 1 N–H and O–H groups in total. The Labute approximate surface area is 173 Å². The van der Waals surface area contributed by atoms with E-state index in [1.54, 1.807) is 6.92 Å². The van der Waals surface area contributed by atoms with Crippen molar-refractivity contribution in [2.24, 2.45) is 28.6 Å². The molecule has 0 aromatic rings. The van der Waals surface area contributed by atoms with E-state index in [9.17, 15) is 19.5 Å². The van der Waals surface area contributed by atoms with Crippen molar-refractivity contribution >= 4 is 17.5 Å². The molecule has 0 bridgehead atoms. The lowest BCUT2D eigenvalue weighted by Crippen LogP contribution is -2.59. The monoisotopic (exact) mass is 402 g/mol. The van der Waals surface area contributed by atoms with E-state index in [-0.39, 0.29) is 29.4 Å². The quantitative estimate of drug-likeness (QED) is 0.724. The molecule has 29 heavy (non-hydrogen) atoms. The summed E-state index contributed by atoms with van der Waals surface area (Å²) in [5.74, 6) is 0.846. The van der Waals surface area contributed by atoms with Crippen molar-refractivity contribution in [2.75, 3.05) is 6.61 Å². The van der Waals surface area contributed by atoms with Gasteiger partial charge >= 0.3 is 5.97 Å². The summed E-state index contributed by atoms with van der Waals surface area (Å²) in [6.07, 6.45) is 8.84. The molecule has 3 saturated carbocycles. The normalized spacial score (nSPS) is 43.7. The second-order valence-electron chi connectivity index (χ2n) is 10.2. The first-order valence-electron chi connectivity index (χ1n) is 11.3. The first-order chi connectivity index (χ1) is 13.7. The molecule has 4 aliphatic carbocycles. The van der Waals surface area contributed by atoms with E-state index in [4.69, 9.17) is 4.74 Å². The lowest BCUT2D eigenvalue weighted by atomic mass is 9.46. The van der Waals surface area contributed by atoms with Crippen LogP contribution in [-0.2, 0) is 19.1 Å². The van der Waals surface area contributed by atoms with Crippen molar-refractivity contribution in [3.05, 3.63) is 11.6 Å². The first kappa shape index (κ1) is 20.8. The Morgan fingerprint density at radius 2 is 1.83 bits per heavy atom. The number of fused-ring (bicyclic) bond motifs is 5. The maximum absolute atomic E-state index is 13.0. The van der Waals surface area contributed by atoms with E-state index in [1.807, 2.05) is 6.08 Å². The van der Waals surface area contributed by atoms with Crippen LogP contribution < -0.4 is 0 Å². The van der Waals surface area contributed by atoms with E-state index in [0.717, 1.165) is 38.5 Å². The number of aliphatic hydroxyl groups is 1. The van der Waals surface area contributed by atoms with Crippen molar-refractivity contribution in [1.29, 1.82) is 0 Å². The summed E-state index contributed by atoms with van der Waals surface area (Å²) in [7, 11) is 0. The summed E-state index contributed by atoms with van der Waals surface area (Å²) in [6.45, 7) is 5.61. The van der Waals surface area contributed by atoms with E-state index in [2.05, 4.69) is 13.8 Å². The number of ether oxygens (including phenoxy) is 1. The average Bonchev–Trinajstić information content (AvgIpc) is 3.01. The minimum absolute atomic E-state index is 0.0739. The number of carbonyl (C=O) groups excluding carboxylic acids is 3. The van der Waals surface area contributed by atoms with E-state index < -0.39 is 17.6 Å². The summed E-state index contributed by atoms with van der Waals surface area (Å²) < 4.78 is 5.89. The van der Waals surface area contributed by atoms with E-state index in [0.29, 0.717) is 30.6 Å². The van der Waals surface area contributed by atoms with Crippen LogP contribution in [0, 0.1) is 28.6 Å². The van der Waals surface area contributed by atoms with Gasteiger partial charge in [0.15, 0.2) is 11.4 Å². The number of hydrogen-bond acceptors (Lipinski definition) is 5. The summed E-state index contributed by atoms with van der Waals surface area (Å²) in [4.78, 5) is 37.2. The van der Waals surface area contributed by atoms with Gasteiger partial charge in [0.2, 0.25) is 5.78 Å². The Bertz CT molecular complexity index is 769. The van der Waals surface area contributed by atoms with Crippen molar-refractivity contribution < 1.29 is 24.2 Å². The topological polar surface area (TPSA) is 80.7 Å². The molecule has 0 saturated heterocycles. The molecule has 0 heterocycles. The van der Waals surface area contributed by atoms with Gasteiger partial charge in [-0.3, -0.25) is 14.4 Å². The van der Waals surface area contributed by atoms with Crippen LogP contribution in [0.2, 0.25) is 0 Å². The predicted octanol–water partition coefficient (Wildman–Crippen LogP) is 3.77. The molecule has 3 fully saturated rings. The number of aliphatic hydroxyl groups excluding tert-OH is 1. The summed E-state index contributed by atoms with van der Waals surface area (Å²) in [5, 5.41) is 9.72. The number of allylic oxidation sites excluding steroid dienone is 1. The Hall–Kier alpha value is -1.49. The zero-order chi connectivity index (χ0) is 21.0. The second-order valence-corrected chi connectivity index (χ2v) is 10.2. The van der Waals surface area contributed by atoms with Gasteiger partial charge < -0.3 is 9.84 Å². The minimum atomic E-state index is -1.19. The molecule has 5 nitrogen and oxygen atoms in total. The molecular weight excluding hydrogens is 368 g/mol. The molecule has 0 radical (unpaired) electrons. The van der Waals surface area contributed by atoms with Gasteiger partial charge in [0.25, 0.3) is 0 Å². The predicted molar refractivity (Wildman–Crippen MR) is 108 cm³/mol. The van der Waals surface area contributed by atoms with Crippen molar-refractivity contribution in [1.82, 2.24) is 0 Å². The van der Waals surface area contributed by atoms with Gasteiger partial charge in [0.05, 0.1) is 0 Å². The van der Waals surface area contributed by atoms with Gasteiger partial charge in [0.1, 0.15) is 6.61 Å². The zero-order valence-corrected chi connectivity index (χ0v) is 18.0. The van der Waals surface area contributed by atoms with Gasteiger partial charge in [-0.05, 0) is 74.2 Å². The van der Waals surface area contributed by atoms with Crippen LogP contribution in [0.25, 0.3) is 0 Å². The molecule has 0 spiro atoms. The molecule has 5 heteroatoms. The number of ketones is 2. The van der Waals surface area contributed by atoms with Crippen molar-refractivity contribution in [3.8, 4) is 0 Å². The highest BCUT2D eigenvalue weighted by Crippen LogP contribution is 2.68. The molecule has 0 aromatic heterocycles. The lowest BCUT2D eigenvalue weighted by Gasteiger charge is -2.59. The van der Waals surface area contributed by atoms with Gasteiger partial charge in [-0.25, -0.2) is 0 Å². The minimum Gasteiger partial charge on any atom is -0.450 e. The number of hydrogen-bond donors (Lipinski definition) is 1. The molecule has 0 unspecified atom stereocenters. The lowest BCUT2D eigenvalue weighted by molar-refractivity contribution is -0.191. The van der Waals surface area contributed by atoms with E-state index >= 15 is 0 Å². The number of Topliss-reactive ketones (excluding diaryl/α,β-unsaturated/α-hetero) is 1. The molecule has 160 valence electrons. The fraction of sp³-hybridized carbons (Fsp3) is 0.792. The molecule has 4 rings (SSSR count). The molecule has 0 aliphatic heterocycles. The molecule has 0 amide bonds. The highest BCUT2D eigenvalue weighted by atomic mass is 16.6. The van der Waals surface area contributed by atoms with Crippen LogP contribution in [0.4, 0.5) is 0 Å². The van der Waals surface area contributed by atoms with Crippen LogP contribution in [-0.4, -0.2) is 34.9 Å². The summed E-state index contributed by atoms with van der Waals surface area (Å²) in [6, 6.07) is 0. The standard InChI is InChI=1S/C24H34O5/c1-4-21(28)29-24(20(27)14-25)12-9-19-17-6-5-15-13-16(26)7-10-22(15,2)18(17)8-11-23(19,24)3/h13,17-19,25H,4-12,14H2,1-3H3/t17-,18+,19+,22+,23+,24+/m0/s1. The maximum atomic E-state index is 13.0. The Kier molecular flexibility index (Phi) is 5.04. The third kappa shape index (κ3) is 2.79. The van der Waals surface area contributed by atoms with E-state index in [1.165, 1.54) is 5.57 Å². The van der Waals surface area contributed by atoms with Crippen LogP contribution in [0.1, 0.15) is 78.6 Å². The number of esters is 1. The highest BCUT2D eigenvalue weighted by Gasteiger charge is 2.68. The fourth-order valence-corrected chi connectivity index (χ4v) is 7.63. The van der Waals surface area contributed by atoms with Gasteiger partial charge in [0, 0.05) is 18.3 Å². The number of rotatable bonds is 4. The molecule has 0 aromatic carbocycles. The molecular formula is C24H34O5. The SMILES string of the molecule is CCC(=O)O[C@@]1(C(=O)CO)CC[C@@H]2[C@H]3CCC4=CC(=O)CC[C@@]4(C)[C@@H]3CC[C@]21C. The fourth-order valence-electron chi connectivity index (χ4n) is 7.63. The van der Waals surface area contributed by atoms with Crippen molar-refractivity contribution in [3.63, 3.8) is 0 Å². The van der Waals surface area contributed by atoms with Crippen LogP contribution in [0.3, 0.4) is 0 Å². The van der Waals surface area contributed by atoms with Gasteiger partial charge in [-0.1, -0.05) is 26.3 Å². The van der Waals surface area contributed by atoms with Crippen LogP contribution >= 0.6 is 0 Å². The summed E-state index contributed by atoms with van der Waals surface area (Å²) >= 11 is 0. The maximum Gasteiger partial charge on any atom is 0.306 e. The zero-order valence-electron chi connectivity index (χ0n) is 18.0. The second kappa shape index (κ2) is 7.04. The average molecular weight is 403 g/mol. The molecule has 4 aliphatic rings. The van der Waals surface area contributed by atoms with Gasteiger partial charge in [-0.2, -0.15) is 0 Å². The smallest absolute Gasteiger partial charge is 0.306 e. The molecule has 6 atom stereocenters.